The van der Waals surface area contributed by atoms with E-state index in [1.807, 2.05) is 0 Å². The van der Waals surface area contributed by atoms with Crippen LogP contribution in [0.25, 0.3) is 0 Å². The second-order valence-electron chi connectivity index (χ2n) is 1.45. The molecule has 0 rings (SSSR count). The molecule has 1 atom stereocenters. The average molecular weight is 105 g/mol. The molecule has 0 saturated carbocycles. The Morgan fingerprint density at radius 2 is 2.57 bits per heavy atom. The predicted molar refractivity (Wildman–Crippen MR) is 24.3 cm³/mol. The van der Waals surface area contributed by atoms with Gasteiger partial charge in [-0.1, -0.05) is 6.92 Å². The summed E-state index contributed by atoms with van der Waals surface area (Å²) >= 11 is 0. The van der Waals surface area contributed by atoms with Crippen molar-refractivity contribution in [2.75, 3.05) is 6.54 Å². The largest absolute Gasteiger partial charge is 0.303 e. The highest BCUT2D eigenvalue weighted by atomic mass is 19.2. The zero-order valence-electron chi connectivity index (χ0n) is 4.15. The number of hydrogen-bond acceptors (Lipinski definition) is 2. The Kier molecular flexibility index (Phi) is 3.50. The van der Waals surface area contributed by atoms with Crippen LogP contribution in [0, 0.1) is 5.92 Å². The molecule has 0 aliphatic heterocycles. The molecule has 0 spiro atoms. The number of carbonyl (C=O) groups is 1. The molecule has 0 fully saturated rings. The number of hydrogen-bond donors (Lipinski definition) is 1. The van der Waals surface area contributed by atoms with Crippen LogP contribution in [0.5, 0.6) is 0 Å². The lowest BCUT2D eigenvalue weighted by Gasteiger charge is -1.94. The summed E-state index contributed by atoms with van der Waals surface area (Å²) in [5.74, 6) is -0.218. The molecule has 0 heterocycles. The van der Waals surface area contributed by atoms with Crippen molar-refractivity contribution >= 4 is 6.29 Å². The average Bonchev–Trinajstić information content (AvgIpc) is 1.68. The smallest absolute Gasteiger partial charge is 0.124 e. The predicted octanol–water partition coefficient (Wildman–Crippen LogP) is 0.296. The first-order valence-electron chi connectivity index (χ1n) is 2.10. The Morgan fingerprint density at radius 1 is 2.00 bits per heavy atom. The van der Waals surface area contributed by atoms with E-state index in [0.717, 1.165) is 0 Å². The minimum Gasteiger partial charge on any atom is -0.303 e. The molecule has 7 heavy (non-hydrogen) atoms. The summed E-state index contributed by atoms with van der Waals surface area (Å²) in [4.78, 5) is 9.69. The standard InChI is InChI=1S/C4H8FNO/c1-4(3-7)2-6-5/h3-4,6H,2H2,1H3. The SMILES string of the molecule is CC(C=O)CNF. The van der Waals surface area contributed by atoms with E-state index < -0.39 is 0 Å². The zero-order chi connectivity index (χ0) is 5.70. The van der Waals surface area contributed by atoms with Gasteiger partial charge in [0.25, 0.3) is 0 Å². The van der Waals surface area contributed by atoms with E-state index in [9.17, 15) is 9.28 Å². The number of rotatable bonds is 3. The van der Waals surface area contributed by atoms with Crippen LogP contribution in [0.1, 0.15) is 6.92 Å². The number of aldehydes is 1. The zero-order valence-corrected chi connectivity index (χ0v) is 4.15. The first kappa shape index (κ1) is 6.56. The van der Waals surface area contributed by atoms with Crippen molar-refractivity contribution in [3.05, 3.63) is 0 Å². The minimum absolute atomic E-state index is 0.115. The molecule has 0 aliphatic rings. The summed E-state index contributed by atoms with van der Waals surface area (Å²) in [6, 6.07) is 0. The van der Waals surface area contributed by atoms with Crippen molar-refractivity contribution in [1.82, 2.24) is 5.54 Å². The molecular weight excluding hydrogens is 97.0 g/mol. The van der Waals surface area contributed by atoms with Crippen LogP contribution in [0.3, 0.4) is 0 Å². The molecule has 0 radical (unpaired) electrons. The van der Waals surface area contributed by atoms with Gasteiger partial charge in [-0.3, -0.25) is 0 Å². The molecule has 1 unspecified atom stereocenters. The molecule has 0 aromatic rings. The lowest BCUT2D eigenvalue weighted by molar-refractivity contribution is -0.110. The van der Waals surface area contributed by atoms with Crippen molar-refractivity contribution in [2.24, 2.45) is 5.92 Å². The number of carbonyl (C=O) groups excluding carboxylic acids is 1. The third kappa shape index (κ3) is 3.39. The van der Waals surface area contributed by atoms with E-state index in [-0.39, 0.29) is 12.5 Å². The molecule has 3 heteroatoms. The molecule has 1 N–H and O–H groups in total. The Balaban J connectivity index is 2.98. The summed E-state index contributed by atoms with van der Waals surface area (Å²) in [6.45, 7) is 1.75. The minimum atomic E-state index is -0.218. The van der Waals surface area contributed by atoms with Gasteiger partial charge >= 0.3 is 0 Å². The number of halogens is 1. The molecule has 2 nitrogen and oxygen atoms in total. The van der Waals surface area contributed by atoms with Gasteiger partial charge in [0.2, 0.25) is 0 Å². The molecular formula is C4H8FNO. The van der Waals surface area contributed by atoms with Gasteiger partial charge in [-0.2, -0.15) is 5.54 Å². The van der Waals surface area contributed by atoms with E-state index in [1.165, 1.54) is 5.54 Å². The monoisotopic (exact) mass is 105 g/mol. The fourth-order valence-corrected chi connectivity index (χ4v) is 0.170. The maximum absolute atomic E-state index is 11.0. The van der Waals surface area contributed by atoms with Gasteiger partial charge in [0.05, 0.1) is 0 Å². The lowest BCUT2D eigenvalue weighted by Crippen LogP contribution is -2.12. The Morgan fingerprint density at radius 3 is 2.71 bits per heavy atom. The highest BCUT2D eigenvalue weighted by Crippen LogP contribution is 1.82. The maximum Gasteiger partial charge on any atom is 0.124 e. The van der Waals surface area contributed by atoms with Crippen molar-refractivity contribution in [1.29, 1.82) is 0 Å². The van der Waals surface area contributed by atoms with E-state index >= 15 is 0 Å². The van der Waals surface area contributed by atoms with E-state index in [4.69, 9.17) is 0 Å². The van der Waals surface area contributed by atoms with Gasteiger partial charge in [0.1, 0.15) is 6.29 Å². The summed E-state index contributed by atoms with van der Waals surface area (Å²) in [5, 5.41) is 0. The Bertz CT molecular complexity index is 57.7. The molecule has 0 bridgehead atoms. The summed E-state index contributed by atoms with van der Waals surface area (Å²) in [5.41, 5.74) is 1.39. The third-order valence-corrected chi connectivity index (χ3v) is 0.631. The molecule has 0 aromatic heterocycles. The molecule has 42 valence electrons. The van der Waals surface area contributed by atoms with E-state index in [2.05, 4.69) is 0 Å². The van der Waals surface area contributed by atoms with Gasteiger partial charge < -0.3 is 4.79 Å². The fourth-order valence-electron chi connectivity index (χ4n) is 0.170. The highest BCUT2D eigenvalue weighted by molar-refractivity contribution is 5.52. The topological polar surface area (TPSA) is 29.1 Å². The van der Waals surface area contributed by atoms with Crippen molar-refractivity contribution in [3.8, 4) is 0 Å². The lowest BCUT2D eigenvalue weighted by atomic mass is 10.2. The number of nitrogens with one attached hydrogen (secondary N) is 1. The van der Waals surface area contributed by atoms with Gasteiger partial charge in [0.15, 0.2) is 0 Å². The fraction of sp³-hybridized carbons (Fsp3) is 0.750. The second kappa shape index (κ2) is 3.74. The first-order chi connectivity index (χ1) is 3.31. The van der Waals surface area contributed by atoms with Crippen LogP contribution in [0.15, 0.2) is 0 Å². The summed E-state index contributed by atoms with van der Waals surface area (Å²) < 4.78 is 11.0. The maximum atomic E-state index is 11.0. The van der Waals surface area contributed by atoms with Crippen LogP contribution in [0.2, 0.25) is 0 Å². The van der Waals surface area contributed by atoms with Crippen molar-refractivity contribution in [2.45, 2.75) is 6.92 Å². The van der Waals surface area contributed by atoms with Crippen LogP contribution in [-0.4, -0.2) is 12.8 Å². The molecule has 0 aliphatic carbocycles. The summed E-state index contributed by atoms with van der Waals surface area (Å²) in [6.07, 6.45) is 0.701. The normalized spacial score (nSPS) is 13.4. The summed E-state index contributed by atoms with van der Waals surface area (Å²) in [7, 11) is 0. The van der Waals surface area contributed by atoms with E-state index in [0.29, 0.717) is 6.29 Å². The second-order valence-corrected chi connectivity index (χ2v) is 1.45. The van der Waals surface area contributed by atoms with Crippen LogP contribution in [0.4, 0.5) is 4.48 Å². The van der Waals surface area contributed by atoms with Gasteiger partial charge in [0, 0.05) is 12.5 Å². The van der Waals surface area contributed by atoms with E-state index in [1.54, 1.807) is 6.92 Å². The third-order valence-electron chi connectivity index (χ3n) is 0.631. The van der Waals surface area contributed by atoms with Gasteiger partial charge in [-0.25, -0.2) is 0 Å². The molecule has 0 aromatic carbocycles. The van der Waals surface area contributed by atoms with Crippen LogP contribution >= 0.6 is 0 Å². The Labute approximate surface area is 41.6 Å². The molecule has 0 saturated heterocycles. The highest BCUT2D eigenvalue weighted by Gasteiger charge is 1.94. The van der Waals surface area contributed by atoms with Crippen LogP contribution in [-0.2, 0) is 4.79 Å². The van der Waals surface area contributed by atoms with Gasteiger partial charge in [-0.15, -0.1) is 4.48 Å². The quantitative estimate of drug-likeness (QED) is 0.413. The van der Waals surface area contributed by atoms with Crippen LogP contribution < -0.4 is 5.54 Å². The Hall–Kier alpha value is -0.440. The van der Waals surface area contributed by atoms with Gasteiger partial charge in [-0.05, 0) is 0 Å². The molecule has 0 amide bonds. The van der Waals surface area contributed by atoms with Crippen molar-refractivity contribution < 1.29 is 9.28 Å². The first-order valence-corrected chi connectivity index (χ1v) is 2.10. The van der Waals surface area contributed by atoms with Crippen molar-refractivity contribution in [3.63, 3.8) is 0 Å².